The SMILES string of the molecule is CCC(C)/C(C)=N\NC. The molecule has 0 aromatic carbocycles. The first-order valence-electron chi connectivity index (χ1n) is 3.43. The van der Waals surface area contributed by atoms with Gasteiger partial charge in [-0.3, -0.25) is 0 Å². The maximum atomic E-state index is 4.06. The summed E-state index contributed by atoms with van der Waals surface area (Å²) >= 11 is 0. The molecule has 0 aromatic heterocycles. The largest absolute Gasteiger partial charge is 0.313 e. The van der Waals surface area contributed by atoms with Crippen molar-refractivity contribution in [1.82, 2.24) is 5.43 Å². The number of nitrogens with one attached hydrogen (secondary N) is 1. The van der Waals surface area contributed by atoms with Gasteiger partial charge in [0.2, 0.25) is 0 Å². The third-order valence-corrected chi connectivity index (χ3v) is 1.61. The summed E-state index contributed by atoms with van der Waals surface area (Å²) in [7, 11) is 1.83. The molecule has 9 heavy (non-hydrogen) atoms. The summed E-state index contributed by atoms with van der Waals surface area (Å²) < 4.78 is 0. The highest BCUT2D eigenvalue weighted by atomic mass is 15.3. The van der Waals surface area contributed by atoms with Crippen LogP contribution in [-0.2, 0) is 0 Å². The molecule has 0 saturated carbocycles. The van der Waals surface area contributed by atoms with Crippen molar-refractivity contribution in [2.75, 3.05) is 7.05 Å². The normalized spacial score (nSPS) is 15.3. The van der Waals surface area contributed by atoms with Crippen LogP contribution in [0.25, 0.3) is 0 Å². The number of hydrogen-bond acceptors (Lipinski definition) is 2. The van der Waals surface area contributed by atoms with E-state index in [-0.39, 0.29) is 0 Å². The molecule has 0 aromatic rings. The average molecular weight is 128 g/mol. The molecule has 1 atom stereocenters. The predicted octanol–water partition coefficient (Wildman–Crippen LogP) is 1.63. The molecule has 0 fully saturated rings. The van der Waals surface area contributed by atoms with Crippen molar-refractivity contribution in [3.63, 3.8) is 0 Å². The maximum Gasteiger partial charge on any atom is 0.0375 e. The number of rotatable bonds is 3. The first-order chi connectivity index (χ1) is 4.22. The Morgan fingerprint density at radius 1 is 1.67 bits per heavy atom. The summed E-state index contributed by atoms with van der Waals surface area (Å²) in [5, 5.41) is 4.06. The van der Waals surface area contributed by atoms with Crippen LogP contribution in [0.5, 0.6) is 0 Å². The van der Waals surface area contributed by atoms with Gasteiger partial charge >= 0.3 is 0 Å². The fraction of sp³-hybridized carbons (Fsp3) is 0.857. The van der Waals surface area contributed by atoms with Crippen molar-refractivity contribution in [1.29, 1.82) is 0 Å². The van der Waals surface area contributed by atoms with Gasteiger partial charge in [0.05, 0.1) is 0 Å². The summed E-state index contributed by atoms with van der Waals surface area (Å²) in [4.78, 5) is 0. The Morgan fingerprint density at radius 3 is 2.56 bits per heavy atom. The molecular formula is C7H16N2. The smallest absolute Gasteiger partial charge is 0.0375 e. The van der Waals surface area contributed by atoms with Crippen LogP contribution in [-0.4, -0.2) is 12.8 Å². The van der Waals surface area contributed by atoms with E-state index in [0.717, 1.165) is 6.42 Å². The molecule has 0 saturated heterocycles. The number of hydrazone groups is 1. The van der Waals surface area contributed by atoms with E-state index in [2.05, 4.69) is 24.4 Å². The van der Waals surface area contributed by atoms with Crippen LogP contribution in [0.15, 0.2) is 5.10 Å². The summed E-state index contributed by atoms with van der Waals surface area (Å²) in [5.41, 5.74) is 3.95. The summed E-state index contributed by atoms with van der Waals surface area (Å²) in [5.74, 6) is 0.609. The molecule has 0 amide bonds. The second-order valence-electron chi connectivity index (χ2n) is 2.29. The summed E-state index contributed by atoms with van der Waals surface area (Å²) in [6.45, 7) is 6.39. The van der Waals surface area contributed by atoms with Crippen LogP contribution in [0.2, 0.25) is 0 Å². The van der Waals surface area contributed by atoms with E-state index in [4.69, 9.17) is 0 Å². The van der Waals surface area contributed by atoms with Crippen LogP contribution < -0.4 is 5.43 Å². The minimum absolute atomic E-state index is 0.609. The van der Waals surface area contributed by atoms with E-state index in [1.165, 1.54) is 5.71 Å². The van der Waals surface area contributed by atoms with Gasteiger partial charge in [0.15, 0.2) is 0 Å². The van der Waals surface area contributed by atoms with E-state index in [1.807, 2.05) is 14.0 Å². The van der Waals surface area contributed by atoms with Crippen molar-refractivity contribution in [2.24, 2.45) is 11.0 Å². The topological polar surface area (TPSA) is 24.4 Å². The highest BCUT2D eigenvalue weighted by molar-refractivity contribution is 5.83. The van der Waals surface area contributed by atoms with Gasteiger partial charge in [-0.25, -0.2) is 0 Å². The van der Waals surface area contributed by atoms with Crippen molar-refractivity contribution >= 4 is 5.71 Å². The molecule has 2 heteroatoms. The Hall–Kier alpha value is -0.530. The molecule has 2 nitrogen and oxygen atoms in total. The lowest BCUT2D eigenvalue weighted by atomic mass is 10.1. The van der Waals surface area contributed by atoms with Crippen LogP contribution in [0.3, 0.4) is 0 Å². The zero-order chi connectivity index (χ0) is 7.28. The first-order valence-corrected chi connectivity index (χ1v) is 3.43. The minimum Gasteiger partial charge on any atom is -0.313 e. The Kier molecular flexibility index (Phi) is 4.10. The third kappa shape index (κ3) is 3.12. The predicted molar refractivity (Wildman–Crippen MR) is 41.6 cm³/mol. The maximum absolute atomic E-state index is 4.06. The second-order valence-corrected chi connectivity index (χ2v) is 2.29. The Labute approximate surface area is 57.3 Å². The van der Waals surface area contributed by atoms with Gasteiger partial charge in [-0.1, -0.05) is 13.8 Å². The van der Waals surface area contributed by atoms with Crippen molar-refractivity contribution < 1.29 is 0 Å². The van der Waals surface area contributed by atoms with Gasteiger partial charge in [-0.05, 0) is 19.3 Å². The van der Waals surface area contributed by atoms with Crippen LogP contribution in [0.4, 0.5) is 0 Å². The molecular weight excluding hydrogens is 112 g/mol. The van der Waals surface area contributed by atoms with Gasteiger partial charge < -0.3 is 5.43 Å². The molecule has 0 spiro atoms. The van der Waals surface area contributed by atoms with E-state index < -0.39 is 0 Å². The number of hydrogen-bond donors (Lipinski definition) is 1. The molecule has 1 N–H and O–H groups in total. The van der Waals surface area contributed by atoms with Crippen LogP contribution in [0.1, 0.15) is 27.2 Å². The van der Waals surface area contributed by atoms with Gasteiger partial charge in [0.25, 0.3) is 0 Å². The van der Waals surface area contributed by atoms with E-state index in [0.29, 0.717) is 5.92 Å². The minimum atomic E-state index is 0.609. The molecule has 0 aliphatic heterocycles. The molecule has 54 valence electrons. The number of nitrogens with zero attached hydrogens (tertiary/aromatic N) is 1. The van der Waals surface area contributed by atoms with Gasteiger partial charge in [0, 0.05) is 12.8 Å². The monoisotopic (exact) mass is 128 g/mol. The van der Waals surface area contributed by atoms with E-state index >= 15 is 0 Å². The fourth-order valence-corrected chi connectivity index (χ4v) is 0.582. The highest BCUT2D eigenvalue weighted by Gasteiger charge is 2.00. The zero-order valence-electron chi connectivity index (χ0n) is 6.73. The molecule has 0 aliphatic rings. The molecule has 0 bridgehead atoms. The summed E-state index contributed by atoms with van der Waals surface area (Å²) in [6, 6.07) is 0. The lowest BCUT2D eigenvalue weighted by Gasteiger charge is -2.05. The molecule has 1 unspecified atom stereocenters. The fourth-order valence-electron chi connectivity index (χ4n) is 0.582. The van der Waals surface area contributed by atoms with E-state index in [9.17, 15) is 0 Å². The molecule has 0 rings (SSSR count). The lowest BCUT2D eigenvalue weighted by Crippen LogP contribution is -2.09. The lowest BCUT2D eigenvalue weighted by molar-refractivity contribution is 0.720. The van der Waals surface area contributed by atoms with Gasteiger partial charge in [-0.2, -0.15) is 5.10 Å². The van der Waals surface area contributed by atoms with E-state index in [1.54, 1.807) is 0 Å². The van der Waals surface area contributed by atoms with Crippen molar-refractivity contribution in [2.45, 2.75) is 27.2 Å². The Morgan fingerprint density at radius 2 is 2.22 bits per heavy atom. The second kappa shape index (κ2) is 4.36. The molecule has 0 aliphatic carbocycles. The Balaban J connectivity index is 3.70. The zero-order valence-corrected chi connectivity index (χ0v) is 6.73. The third-order valence-electron chi connectivity index (χ3n) is 1.61. The van der Waals surface area contributed by atoms with Crippen molar-refractivity contribution in [3.8, 4) is 0 Å². The first kappa shape index (κ1) is 8.47. The van der Waals surface area contributed by atoms with Gasteiger partial charge in [0.1, 0.15) is 0 Å². The summed E-state index contributed by atoms with van der Waals surface area (Å²) in [6.07, 6.45) is 1.16. The standard InChI is InChI=1S/C7H16N2/c1-5-6(2)7(3)9-8-4/h6,8H,5H2,1-4H3/b9-7-. The average Bonchev–Trinajstić information content (AvgIpc) is 1.87. The quantitative estimate of drug-likeness (QED) is 0.453. The highest BCUT2D eigenvalue weighted by Crippen LogP contribution is 2.01. The molecule has 0 radical (unpaired) electrons. The van der Waals surface area contributed by atoms with Crippen LogP contribution in [0, 0.1) is 5.92 Å². The Bertz CT molecular complexity index is 97.1. The van der Waals surface area contributed by atoms with Gasteiger partial charge in [-0.15, -0.1) is 0 Å². The molecule has 0 heterocycles. The van der Waals surface area contributed by atoms with Crippen LogP contribution >= 0.6 is 0 Å². The van der Waals surface area contributed by atoms with Crippen molar-refractivity contribution in [3.05, 3.63) is 0 Å².